The molecule has 0 spiro atoms. The van der Waals surface area contributed by atoms with Crippen LogP contribution in [-0.4, -0.2) is 16.8 Å². The van der Waals surface area contributed by atoms with Crippen LogP contribution in [0.4, 0.5) is 0 Å². The maximum Gasteiger partial charge on any atom is 0.0226 e. The maximum atomic E-state index is 2.27. The second-order valence-corrected chi connectivity index (χ2v) is 6.12. The average molecular weight is 224 g/mol. The Hall–Kier alpha value is -0.0800. The van der Waals surface area contributed by atoms with Crippen LogP contribution in [0.5, 0.6) is 0 Å². The van der Waals surface area contributed by atoms with E-state index in [0.717, 1.165) is 5.25 Å². The summed E-state index contributed by atoms with van der Waals surface area (Å²) in [4.78, 5) is 1.51. The monoisotopic (exact) mass is 224 g/mol. The molecule has 76 valence electrons. The first-order valence-electron chi connectivity index (χ1n) is 5.22. The Labute approximate surface area is 94.9 Å². The van der Waals surface area contributed by atoms with E-state index < -0.39 is 0 Å². The predicted molar refractivity (Wildman–Crippen MR) is 67.4 cm³/mol. The Morgan fingerprint density at radius 2 is 2.29 bits per heavy atom. The predicted octanol–water partition coefficient (Wildman–Crippen LogP) is 3.85. The van der Waals surface area contributed by atoms with Gasteiger partial charge in [-0.25, -0.2) is 0 Å². The van der Waals surface area contributed by atoms with Crippen LogP contribution in [0.3, 0.4) is 0 Å². The third-order valence-corrected chi connectivity index (χ3v) is 5.23. The molecular formula is C12H16S2. The minimum Gasteiger partial charge on any atom is -0.161 e. The van der Waals surface area contributed by atoms with E-state index in [4.69, 9.17) is 0 Å². The molecule has 0 saturated heterocycles. The van der Waals surface area contributed by atoms with Crippen LogP contribution >= 0.6 is 23.5 Å². The number of benzene rings is 1. The van der Waals surface area contributed by atoms with Crippen LogP contribution in [0, 0.1) is 0 Å². The van der Waals surface area contributed by atoms with Gasteiger partial charge < -0.3 is 0 Å². The SMILES string of the molecule is CCCSCC1Cc2ccccc2S1. The highest BCUT2D eigenvalue weighted by atomic mass is 32.2. The van der Waals surface area contributed by atoms with Crippen LogP contribution in [0.15, 0.2) is 29.2 Å². The zero-order chi connectivity index (χ0) is 9.80. The molecule has 1 atom stereocenters. The van der Waals surface area contributed by atoms with Crippen LogP contribution in [0.25, 0.3) is 0 Å². The number of thioether (sulfide) groups is 2. The lowest BCUT2D eigenvalue weighted by Crippen LogP contribution is -2.04. The molecule has 1 heterocycles. The number of hydrogen-bond donors (Lipinski definition) is 0. The lowest BCUT2D eigenvalue weighted by molar-refractivity contribution is 0.968. The summed E-state index contributed by atoms with van der Waals surface area (Å²) in [5, 5.41) is 0.823. The van der Waals surface area contributed by atoms with Crippen molar-refractivity contribution in [3.05, 3.63) is 29.8 Å². The van der Waals surface area contributed by atoms with Crippen molar-refractivity contribution in [1.29, 1.82) is 0 Å². The molecule has 1 aliphatic rings. The van der Waals surface area contributed by atoms with Crippen LogP contribution in [0.2, 0.25) is 0 Å². The Morgan fingerprint density at radius 1 is 1.43 bits per heavy atom. The van der Waals surface area contributed by atoms with E-state index in [1.54, 1.807) is 5.56 Å². The standard InChI is InChI=1S/C12H16S2/c1-2-7-13-9-11-8-10-5-3-4-6-12(10)14-11/h3-6,11H,2,7-9H2,1H3. The third kappa shape index (κ3) is 2.48. The molecule has 0 saturated carbocycles. The third-order valence-electron chi connectivity index (χ3n) is 2.37. The molecule has 0 bridgehead atoms. The largest absolute Gasteiger partial charge is 0.161 e. The van der Waals surface area contributed by atoms with E-state index >= 15 is 0 Å². The normalized spacial score (nSPS) is 19.6. The second kappa shape index (κ2) is 5.13. The molecule has 0 amide bonds. The Morgan fingerprint density at radius 3 is 3.07 bits per heavy atom. The Kier molecular flexibility index (Phi) is 3.82. The van der Waals surface area contributed by atoms with Gasteiger partial charge in [0, 0.05) is 15.9 Å². The summed E-state index contributed by atoms with van der Waals surface area (Å²) >= 11 is 4.17. The minimum absolute atomic E-state index is 0.823. The van der Waals surface area contributed by atoms with Gasteiger partial charge in [0.25, 0.3) is 0 Å². The Balaban J connectivity index is 1.86. The zero-order valence-electron chi connectivity index (χ0n) is 8.53. The fraction of sp³-hybridized carbons (Fsp3) is 0.500. The fourth-order valence-corrected chi connectivity index (χ4v) is 4.18. The molecular weight excluding hydrogens is 208 g/mol. The molecule has 1 aromatic carbocycles. The summed E-state index contributed by atoms with van der Waals surface area (Å²) in [5.41, 5.74) is 1.56. The van der Waals surface area contributed by atoms with Gasteiger partial charge >= 0.3 is 0 Å². The summed E-state index contributed by atoms with van der Waals surface area (Å²) < 4.78 is 0. The Bertz CT molecular complexity index is 271. The van der Waals surface area contributed by atoms with Crippen molar-refractivity contribution in [2.24, 2.45) is 0 Å². The first kappa shape index (κ1) is 10.4. The zero-order valence-corrected chi connectivity index (χ0v) is 10.2. The fourth-order valence-electron chi connectivity index (χ4n) is 1.71. The highest BCUT2D eigenvalue weighted by molar-refractivity contribution is 8.03. The van der Waals surface area contributed by atoms with Gasteiger partial charge in [-0.15, -0.1) is 11.8 Å². The van der Waals surface area contributed by atoms with E-state index in [1.165, 1.54) is 29.2 Å². The average Bonchev–Trinajstić information content (AvgIpc) is 2.60. The molecule has 0 nitrogen and oxygen atoms in total. The molecule has 14 heavy (non-hydrogen) atoms. The van der Waals surface area contributed by atoms with Gasteiger partial charge in [-0.05, 0) is 30.2 Å². The lowest BCUT2D eigenvalue weighted by Gasteiger charge is -2.06. The van der Waals surface area contributed by atoms with Crippen LogP contribution < -0.4 is 0 Å². The summed E-state index contributed by atoms with van der Waals surface area (Å²) in [6.45, 7) is 2.25. The van der Waals surface area contributed by atoms with Gasteiger partial charge in [-0.3, -0.25) is 0 Å². The molecule has 0 aliphatic carbocycles. The van der Waals surface area contributed by atoms with Gasteiger partial charge in [0.1, 0.15) is 0 Å². The van der Waals surface area contributed by atoms with Crippen molar-refractivity contribution < 1.29 is 0 Å². The first-order chi connectivity index (χ1) is 6.90. The van der Waals surface area contributed by atoms with Crippen molar-refractivity contribution in [3.63, 3.8) is 0 Å². The van der Waals surface area contributed by atoms with Gasteiger partial charge in [0.05, 0.1) is 0 Å². The van der Waals surface area contributed by atoms with Gasteiger partial charge in [0.15, 0.2) is 0 Å². The van der Waals surface area contributed by atoms with E-state index in [9.17, 15) is 0 Å². The van der Waals surface area contributed by atoms with E-state index in [0.29, 0.717) is 0 Å². The smallest absolute Gasteiger partial charge is 0.0226 e. The van der Waals surface area contributed by atoms with E-state index in [-0.39, 0.29) is 0 Å². The second-order valence-electron chi connectivity index (χ2n) is 3.63. The quantitative estimate of drug-likeness (QED) is 0.713. The number of rotatable bonds is 4. The molecule has 0 N–H and O–H groups in total. The van der Waals surface area contributed by atoms with Crippen molar-refractivity contribution in [2.75, 3.05) is 11.5 Å². The molecule has 2 heteroatoms. The molecule has 1 aliphatic heterocycles. The van der Waals surface area contributed by atoms with Crippen molar-refractivity contribution in [1.82, 2.24) is 0 Å². The van der Waals surface area contributed by atoms with Crippen LogP contribution in [-0.2, 0) is 6.42 Å². The number of fused-ring (bicyclic) bond motifs is 1. The summed E-state index contributed by atoms with van der Waals surface area (Å²) in [6, 6.07) is 8.83. The summed E-state index contributed by atoms with van der Waals surface area (Å²) in [7, 11) is 0. The molecule has 1 aromatic rings. The first-order valence-corrected chi connectivity index (χ1v) is 7.26. The molecule has 1 unspecified atom stereocenters. The van der Waals surface area contributed by atoms with Gasteiger partial charge in [-0.2, -0.15) is 11.8 Å². The van der Waals surface area contributed by atoms with Gasteiger partial charge in [0.2, 0.25) is 0 Å². The molecule has 0 aromatic heterocycles. The minimum atomic E-state index is 0.823. The summed E-state index contributed by atoms with van der Waals surface area (Å²) in [5.74, 6) is 2.63. The van der Waals surface area contributed by atoms with Gasteiger partial charge in [-0.1, -0.05) is 25.1 Å². The topological polar surface area (TPSA) is 0 Å². The molecule has 2 rings (SSSR count). The number of hydrogen-bond acceptors (Lipinski definition) is 2. The van der Waals surface area contributed by atoms with E-state index in [2.05, 4.69) is 54.7 Å². The van der Waals surface area contributed by atoms with Crippen molar-refractivity contribution in [2.45, 2.75) is 29.9 Å². The van der Waals surface area contributed by atoms with Crippen LogP contribution in [0.1, 0.15) is 18.9 Å². The van der Waals surface area contributed by atoms with Crippen molar-refractivity contribution >= 4 is 23.5 Å². The summed E-state index contributed by atoms with van der Waals surface area (Å²) in [6.07, 6.45) is 2.58. The highest BCUT2D eigenvalue weighted by Gasteiger charge is 2.20. The molecule has 0 fully saturated rings. The highest BCUT2D eigenvalue weighted by Crippen LogP contribution is 2.38. The maximum absolute atomic E-state index is 2.27. The lowest BCUT2D eigenvalue weighted by atomic mass is 10.1. The van der Waals surface area contributed by atoms with E-state index in [1.807, 2.05) is 0 Å². The van der Waals surface area contributed by atoms with Crippen molar-refractivity contribution in [3.8, 4) is 0 Å². The molecule has 0 radical (unpaired) electrons.